The molecule has 3 rings (SSSR count). The summed E-state index contributed by atoms with van der Waals surface area (Å²) in [6.07, 6.45) is 3.06. The molecule has 26 heavy (non-hydrogen) atoms. The number of pyridine rings is 2. The first-order chi connectivity index (χ1) is 12.5. The summed E-state index contributed by atoms with van der Waals surface area (Å²) in [6.45, 7) is 3.96. The Bertz CT molecular complexity index is 967. The quantitative estimate of drug-likeness (QED) is 0.660. The predicted molar refractivity (Wildman–Crippen MR) is 99.1 cm³/mol. The van der Waals surface area contributed by atoms with Gasteiger partial charge in [0.15, 0.2) is 5.82 Å². The lowest BCUT2D eigenvalue weighted by atomic mass is 10.3. The van der Waals surface area contributed by atoms with E-state index in [1.165, 1.54) is 6.20 Å². The summed E-state index contributed by atoms with van der Waals surface area (Å²) in [6, 6.07) is 9.05. The zero-order valence-corrected chi connectivity index (χ0v) is 14.9. The summed E-state index contributed by atoms with van der Waals surface area (Å²) in [7, 11) is 0. The van der Waals surface area contributed by atoms with Gasteiger partial charge in [-0.3, -0.25) is 4.98 Å². The molecule has 0 bridgehead atoms. The van der Waals surface area contributed by atoms with E-state index in [9.17, 15) is 0 Å². The lowest BCUT2D eigenvalue weighted by Crippen LogP contribution is -2.14. The molecule has 0 aromatic carbocycles. The molecular formula is C17H15ClN8. The summed E-state index contributed by atoms with van der Waals surface area (Å²) in [5, 5.41) is 15.5. The van der Waals surface area contributed by atoms with Crippen molar-refractivity contribution in [2.24, 2.45) is 0 Å². The van der Waals surface area contributed by atoms with Crippen LogP contribution < -0.4 is 10.6 Å². The van der Waals surface area contributed by atoms with Crippen LogP contribution in [0.2, 0.25) is 5.15 Å². The Hall–Kier alpha value is -3.31. The highest BCUT2D eigenvalue weighted by molar-refractivity contribution is 6.29. The second kappa shape index (κ2) is 7.72. The zero-order valence-electron chi connectivity index (χ0n) is 14.1. The van der Waals surface area contributed by atoms with E-state index in [-0.39, 0.29) is 6.04 Å². The summed E-state index contributed by atoms with van der Waals surface area (Å²) in [4.78, 5) is 21.4. The molecule has 0 fully saturated rings. The summed E-state index contributed by atoms with van der Waals surface area (Å²) in [5.74, 6) is 1.08. The second-order valence-electron chi connectivity index (χ2n) is 5.65. The minimum atomic E-state index is 0.133. The van der Waals surface area contributed by atoms with Crippen LogP contribution in [0, 0.1) is 11.3 Å². The zero-order chi connectivity index (χ0) is 18.5. The number of halogens is 1. The van der Waals surface area contributed by atoms with Gasteiger partial charge in [0.2, 0.25) is 11.9 Å². The molecule has 0 aliphatic rings. The smallest absolute Gasteiger partial charge is 0.232 e. The van der Waals surface area contributed by atoms with Crippen LogP contribution >= 0.6 is 11.6 Å². The number of hydrogen-bond acceptors (Lipinski definition) is 8. The molecule has 2 N–H and O–H groups in total. The first-order valence-electron chi connectivity index (χ1n) is 7.81. The van der Waals surface area contributed by atoms with Crippen molar-refractivity contribution in [1.82, 2.24) is 24.9 Å². The van der Waals surface area contributed by atoms with Crippen LogP contribution in [-0.2, 0) is 0 Å². The molecule has 3 heterocycles. The van der Waals surface area contributed by atoms with Gasteiger partial charge >= 0.3 is 0 Å². The first-order valence-corrected chi connectivity index (χ1v) is 8.19. The second-order valence-corrected chi connectivity index (χ2v) is 6.04. The van der Waals surface area contributed by atoms with Crippen LogP contribution in [0.3, 0.4) is 0 Å². The Morgan fingerprint density at radius 1 is 1.08 bits per heavy atom. The number of rotatable bonds is 5. The van der Waals surface area contributed by atoms with E-state index in [1.54, 1.807) is 30.5 Å². The van der Waals surface area contributed by atoms with Crippen molar-refractivity contribution < 1.29 is 0 Å². The Balaban J connectivity index is 2.00. The van der Waals surface area contributed by atoms with E-state index >= 15 is 0 Å². The summed E-state index contributed by atoms with van der Waals surface area (Å²) in [5.41, 5.74) is 1.55. The number of aromatic nitrogens is 5. The molecule has 0 unspecified atom stereocenters. The minimum absolute atomic E-state index is 0.133. The molecular weight excluding hydrogens is 352 g/mol. The number of nitrogens with one attached hydrogen (secondary N) is 2. The molecule has 8 nitrogen and oxygen atoms in total. The monoisotopic (exact) mass is 366 g/mol. The molecule has 0 amide bonds. The molecule has 130 valence electrons. The largest absolute Gasteiger partial charge is 0.352 e. The van der Waals surface area contributed by atoms with Crippen molar-refractivity contribution in [2.45, 2.75) is 19.9 Å². The molecule has 3 aromatic rings. The third kappa shape index (κ3) is 4.40. The van der Waals surface area contributed by atoms with E-state index in [2.05, 4.69) is 35.6 Å². The average molecular weight is 367 g/mol. The van der Waals surface area contributed by atoms with Crippen LogP contribution in [-0.4, -0.2) is 31.0 Å². The third-order valence-corrected chi connectivity index (χ3v) is 3.33. The van der Waals surface area contributed by atoms with E-state index in [4.69, 9.17) is 16.9 Å². The van der Waals surface area contributed by atoms with Gasteiger partial charge in [-0.15, -0.1) is 0 Å². The molecule has 0 radical (unpaired) electrons. The normalized spacial score (nSPS) is 10.4. The topological polar surface area (TPSA) is 112 Å². The van der Waals surface area contributed by atoms with Gasteiger partial charge in [0.25, 0.3) is 0 Å². The van der Waals surface area contributed by atoms with E-state index in [0.29, 0.717) is 39.8 Å². The summed E-state index contributed by atoms with van der Waals surface area (Å²) < 4.78 is 0. The Labute approximate surface area is 155 Å². The van der Waals surface area contributed by atoms with E-state index < -0.39 is 0 Å². The Morgan fingerprint density at radius 3 is 2.62 bits per heavy atom. The molecule has 3 aromatic heterocycles. The van der Waals surface area contributed by atoms with Gasteiger partial charge in [0, 0.05) is 12.2 Å². The molecule has 0 aliphatic carbocycles. The lowest BCUT2D eigenvalue weighted by Gasteiger charge is -2.12. The molecule has 0 spiro atoms. The van der Waals surface area contributed by atoms with Crippen molar-refractivity contribution in [3.05, 3.63) is 47.4 Å². The molecule has 0 saturated carbocycles. The number of hydrogen-bond donors (Lipinski definition) is 2. The molecule has 0 atom stereocenters. The number of nitrogens with zero attached hydrogens (tertiary/aromatic N) is 6. The maximum atomic E-state index is 9.00. The molecule has 9 heteroatoms. The highest BCUT2D eigenvalue weighted by Gasteiger charge is 2.11. The summed E-state index contributed by atoms with van der Waals surface area (Å²) >= 11 is 5.97. The average Bonchev–Trinajstić information content (AvgIpc) is 2.61. The number of anilines is 3. The number of nitriles is 1. The van der Waals surface area contributed by atoms with Gasteiger partial charge in [-0.05, 0) is 32.0 Å². The van der Waals surface area contributed by atoms with Crippen molar-refractivity contribution in [2.75, 3.05) is 10.6 Å². The van der Waals surface area contributed by atoms with Crippen molar-refractivity contribution >= 4 is 29.2 Å². The first kappa shape index (κ1) is 17.5. The van der Waals surface area contributed by atoms with E-state index in [1.807, 2.05) is 19.9 Å². The molecule has 0 saturated heterocycles. The van der Waals surface area contributed by atoms with Crippen LogP contribution in [0.15, 0.2) is 36.7 Å². The minimum Gasteiger partial charge on any atom is -0.352 e. The van der Waals surface area contributed by atoms with Crippen LogP contribution in [0.5, 0.6) is 0 Å². The standard InChI is InChI=1S/C17H15ClN8/c1-10(2)21-16-24-15(13-4-3-5-14(18)23-13)25-17(26-16)22-12-6-11(7-19)8-20-9-12/h3-6,8-10H,1-2H3,(H2,21,22,24,25,26). The van der Waals surface area contributed by atoms with Gasteiger partial charge in [0.05, 0.1) is 17.4 Å². The van der Waals surface area contributed by atoms with Gasteiger partial charge < -0.3 is 10.6 Å². The van der Waals surface area contributed by atoms with Gasteiger partial charge in [-0.2, -0.15) is 20.2 Å². The predicted octanol–water partition coefficient (Wildman–Crippen LogP) is 3.42. The van der Waals surface area contributed by atoms with Gasteiger partial charge in [-0.25, -0.2) is 4.98 Å². The van der Waals surface area contributed by atoms with E-state index in [0.717, 1.165) is 0 Å². The van der Waals surface area contributed by atoms with Crippen LogP contribution in [0.25, 0.3) is 11.5 Å². The Kier molecular flexibility index (Phi) is 5.20. The SMILES string of the molecule is CC(C)Nc1nc(Nc2cncc(C#N)c2)nc(-c2cccc(Cl)n2)n1. The Morgan fingerprint density at radius 2 is 1.88 bits per heavy atom. The van der Waals surface area contributed by atoms with Crippen LogP contribution in [0.4, 0.5) is 17.6 Å². The highest BCUT2D eigenvalue weighted by atomic mass is 35.5. The lowest BCUT2D eigenvalue weighted by molar-refractivity contribution is 0.868. The van der Waals surface area contributed by atoms with Crippen molar-refractivity contribution in [3.63, 3.8) is 0 Å². The molecule has 0 aliphatic heterocycles. The van der Waals surface area contributed by atoms with Crippen molar-refractivity contribution in [3.8, 4) is 17.6 Å². The van der Waals surface area contributed by atoms with Gasteiger partial charge in [0.1, 0.15) is 16.9 Å². The fourth-order valence-electron chi connectivity index (χ4n) is 2.10. The highest BCUT2D eigenvalue weighted by Crippen LogP contribution is 2.20. The third-order valence-electron chi connectivity index (χ3n) is 3.12. The van der Waals surface area contributed by atoms with Crippen LogP contribution in [0.1, 0.15) is 19.4 Å². The van der Waals surface area contributed by atoms with Gasteiger partial charge in [-0.1, -0.05) is 17.7 Å². The maximum Gasteiger partial charge on any atom is 0.232 e. The van der Waals surface area contributed by atoms with Crippen molar-refractivity contribution in [1.29, 1.82) is 5.26 Å². The fourth-order valence-corrected chi connectivity index (χ4v) is 2.26. The maximum absolute atomic E-state index is 9.00. The fraction of sp³-hybridized carbons (Fsp3) is 0.176.